The zero-order valence-electron chi connectivity index (χ0n) is 16.1. The van der Waals surface area contributed by atoms with Crippen LogP contribution >= 0.6 is 0 Å². The number of amides is 1. The molecule has 1 saturated carbocycles. The van der Waals surface area contributed by atoms with Crippen molar-refractivity contribution < 1.29 is 25.9 Å². The molecule has 0 N–H and O–H groups in total. The molecule has 0 unspecified atom stereocenters. The van der Waals surface area contributed by atoms with Crippen molar-refractivity contribution in [1.29, 1.82) is 0 Å². The normalized spacial score (nSPS) is 23.1. The van der Waals surface area contributed by atoms with Gasteiger partial charge in [0.25, 0.3) is 0 Å². The van der Waals surface area contributed by atoms with Gasteiger partial charge in [-0.3, -0.25) is 4.90 Å². The minimum Gasteiger partial charge on any atom is -0.289 e. The molecule has 1 aliphatic carbocycles. The summed E-state index contributed by atoms with van der Waals surface area (Å²) in [7, 11) is -3.95. The van der Waals surface area contributed by atoms with Crippen molar-refractivity contribution in [2.45, 2.75) is 42.5 Å². The summed E-state index contributed by atoms with van der Waals surface area (Å²) in [4.78, 5) is 14.3. The SMILES string of the molecule is O=C[N+]1(S(=O)(=O)c2cccc3ccccc23)CCN(C2CCC(F)(F)CC2)CC1. The number of piperazine rings is 1. The fourth-order valence-corrected chi connectivity index (χ4v) is 6.46. The Morgan fingerprint density at radius 2 is 1.62 bits per heavy atom. The predicted molar refractivity (Wildman–Crippen MR) is 106 cm³/mol. The van der Waals surface area contributed by atoms with E-state index in [1.807, 2.05) is 18.2 Å². The maximum absolute atomic E-state index is 13.5. The van der Waals surface area contributed by atoms with Crippen LogP contribution in [-0.2, 0) is 14.8 Å². The number of nitrogens with zero attached hydrogens (tertiary/aromatic N) is 2. The number of hydrogen-bond donors (Lipinski definition) is 0. The lowest BCUT2D eigenvalue weighted by Gasteiger charge is -2.43. The molecule has 2 aliphatic rings. The van der Waals surface area contributed by atoms with Crippen LogP contribution in [0.1, 0.15) is 25.7 Å². The maximum Gasteiger partial charge on any atom is 0.334 e. The van der Waals surface area contributed by atoms with E-state index in [-0.39, 0.29) is 36.9 Å². The number of halogens is 2. The number of carbonyl (C=O) groups is 1. The highest BCUT2D eigenvalue weighted by Gasteiger charge is 2.48. The van der Waals surface area contributed by atoms with Crippen LogP contribution in [0.2, 0.25) is 0 Å². The molecule has 0 bridgehead atoms. The van der Waals surface area contributed by atoms with Crippen LogP contribution in [0.4, 0.5) is 8.78 Å². The second-order valence-electron chi connectivity index (χ2n) is 8.08. The quantitative estimate of drug-likeness (QED) is 0.559. The molecule has 0 atom stereocenters. The molecule has 2 aromatic rings. The lowest BCUT2D eigenvalue weighted by Crippen LogP contribution is -2.63. The van der Waals surface area contributed by atoms with E-state index in [4.69, 9.17) is 0 Å². The Hall–Kier alpha value is -1.90. The third-order valence-electron chi connectivity index (χ3n) is 6.43. The van der Waals surface area contributed by atoms with Crippen molar-refractivity contribution in [3.05, 3.63) is 42.5 Å². The minimum atomic E-state index is -3.95. The Balaban J connectivity index is 1.58. The lowest BCUT2D eigenvalue weighted by atomic mass is 9.91. The van der Waals surface area contributed by atoms with Crippen molar-refractivity contribution in [3.8, 4) is 0 Å². The molecule has 1 heterocycles. The molecule has 156 valence electrons. The van der Waals surface area contributed by atoms with Crippen LogP contribution in [0.15, 0.2) is 47.4 Å². The van der Waals surface area contributed by atoms with Crippen molar-refractivity contribution in [1.82, 2.24) is 4.90 Å². The second kappa shape index (κ2) is 7.41. The Bertz CT molecular complexity index is 1000. The van der Waals surface area contributed by atoms with Gasteiger partial charge >= 0.3 is 16.4 Å². The number of hydrogen-bond acceptors (Lipinski definition) is 4. The van der Waals surface area contributed by atoms with Gasteiger partial charge in [-0.15, -0.1) is 0 Å². The van der Waals surface area contributed by atoms with Gasteiger partial charge in [0.1, 0.15) is 18.0 Å². The Morgan fingerprint density at radius 1 is 1.00 bits per heavy atom. The van der Waals surface area contributed by atoms with Crippen molar-refractivity contribution >= 4 is 27.2 Å². The van der Waals surface area contributed by atoms with Gasteiger partial charge in [-0.2, -0.15) is 12.3 Å². The number of benzene rings is 2. The van der Waals surface area contributed by atoms with E-state index in [1.165, 1.54) is 0 Å². The number of quaternary nitrogens is 1. The summed E-state index contributed by atoms with van der Waals surface area (Å²) >= 11 is 0. The molecule has 1 saturated heterocycles. The van der Waals surface area contributed by atoms with Crippen molar-refractivity contribution in [2.75, 3.05) is 26.2 Å². The van der Waals surface area contributed by atoms with E-state index in [0.717, 1.165) is 5.39 Å². The molecule has 0 aromatic heterocycles. The van der Waals surface area contributed by atoms with Crippen LogP contribution in [0, 0.1) is 0 Å². The molecular formula is C21H25F2N2O3S+. The Kier molecular flexibility index (Phi) is 5.21. The summed E-state index contributed by atoms with van der Waals surface area (Å²) in [5.41, 5.74) is 0. The van der Waals surface area contributed by atoms with Crippen LogP contribution in [0.3, 0.4) is 0 Å². The zero-order valence-corrected chi connectivity index (χ0v) is 17.0. The average molecular weight is 424 g/mol. The molecule has 4 rings (SSSR count). The van der Waals surface area contributed by atoms with Gasteiger partial charge in [0, 0.05) is 37.4 Å². The number of alkyl halides is 2. The van der Waals surface area contributed by atoms with Gasteiger partial charge in [0.2, 0.25) is 5.92 Å². The predicted octanol–water partition coefficient (Wildman–Crippen LogP) is 3.40. The standard InChI is InChI=1S/C21H25F2N2O3S/c22-21(23)10-8-18(9-11-21)24-12-14-25(16-26,15-13-24)29(27,28)20-7-3-5-17-4-1-2-6-19(17)20/h1-7,16,18H,8-15H2/q+1. The number of sulfonamides is 1. The molecule has 29 heavy (non-hydrogen) atoms. The molecule has 0 spiro atoms. The Morgan fingerprint density at radius 3 is 2.28 bits per heavy atom. The zero-order chi connectivity index (χ0) is 20.7. The topological polar surface area (TPSA) is 54.5 Å². The fourth-order valence-electron chi connectivity index (χ4n) is 4.59. The lowest BCUT2D eigenvalue weighted by molar-refractivity contribution is -0.725. The number of carbonyl (C=O) groups excluding carboxylic acids is 1. The maximum atomic E-state index is 13.5. The smallest absolute Gasteiger partial charge is 0.289 e. The molecule has 1 aliphatic heterocycles. The largest absolute Gasteiger partial charge is 0.334 e. The van der Waals surface area contributed by atoms with Gasteiger partial charge < -0.3 is 0 Å². The van der Waals surface area contributed by atoms with E-state index in [1.54, 1.807) is 24.3 Å². The summed E-state index contributed by atoms with van der Waals surface area (Å²) in [6.45, 7) is 1.06. The molecule has 1 amide bonds. The fraction of sp³-hybridized carbons (Fsp3) is 0.476. The van der Waals surface area contributed by atoms with E-state index >= 15 is 0 Å². The number of fused-ring (bicyclic) bond motifs is 1. The van der Waals surface area contributed by atoms with Gasteiger partial charge in [0.15, 0.2) is 0 Å². The third kappa shape index (κ3) is 3.58. The Labute approximate surface area is 169 Å². The highest BCUT2D eigenvalue weighted by atomic mass is 32.2. The first-order chi connectivity index (χ1) is 13.8. The molecule has 2 fully saturated rings. The molecular weight excluding hydrogens is 398 g/mol. The molecule has 0 radical (unpaired) electrons. The van der Waals surface area contributed by atoms with E-state index in [9.17, 15) is 22.0 Å². The van der Waals surface area contributed by atoms with Gasteiger partial charge in [-0.1, -0.05) is 36.4 Å². The summed E-state index contributed by atoms with van der Waals surface area (Å²) in [6.07, 6.45) is 1.09. The van der Waals surface area contributed by atoms with Crippen molar-refractivity contribution in [3.63, 3.8) is 0 Å². The first-order valence-electron chi connectivity index (χ1n) is 9.96. The summed E-state index contributed by atoms with van der Waals surface area (Å²) in [6, 6.07) is 12.3. The van der Waals surface area contributed by atoms with Crippen molar-refractivity contribution in [2.24, 2.45) is 0 Å². The summed E-state index contributed by atoms with van der Waals surface area (Å²) in [5.74, 6) is -2.59. The van der Waals surface area contributed by atoms with Crippen LogP contribution < -0.4 is 0 Å². The van der Waals surface area contributed by atoms with Gasteiger partial charge in [0.05, 0.1) is 0 Å². The minimum absolute atomic E-state index is 0.0312. The summed E-state index contributed by atoms with van der Waals surface area (Å²) < 4.78 is 53.3. The first kappa shape index (κ1) is 20.4. The first-order valence-corrected chi connectivity index (χ1v) is 11.4. The van der Waals surface area contributed by atoms with Crippen LogP contribution in [-0.4, -0.2) is 61.8 Å². The average Bonchev–Trinajstić information content (AvgIpc) is 2.73. The monoisotopic (exact) mass is 423 g/mol. The van der Waals surface area contributed by atoms with E-state index in [0.29, 0.717) is 37.7 Å². The number of rotatable bonds is 4. The van der Waals surface area contributed by atoms with Crippen LogP contribution in [0.5, 0.6) is 0 Å². The molecule has 2 aromatic carbocycles. The van der Waals surface area contributed by atoms with E-state index < -0.39 is 19.8 Å². The van der Waals surface area contributed by atoms with Gasteiger partial charge in [-0.05, 0) is 24.3 Å². The van der Waals surface area contributed by atoms with E-state index in [2.05, 4.69) is 4.90 Å². The second-order valence-corrected chi connectivity index (χ2v) is 10.2. The molecule has 5 nitrogen and oxygen atoms in total. The highest BCUT2D eigenvalue weighted by molar-refractivity contribution is 7.86. The third-order valence-corrected chi connectivity index (χ3v) is 8.75. The van der Waals surface area contributed by atoms with Gasteiger partial charge in [-0.25, -0.2) is 13.6 Å². The summed E-state index contributed by atoms with van der Waals surface area (Å²) in [5, 5.41) is 1.41. The van der Waals surface area contributed by atoms with Crippen LogP contribution in [0.25, 0.3) is 10.8 Å². The highest BCUT2D eigenvalue weighted by Crippen LogP contribution is 2.36. The molecule has 8 heteroatoms.